The molecule has 0 atom stereocenters. The van der Waals surface area contributed by atoms with Crippen molar-refractivity contribution in [3.8, 4) is 0 Å². The molecule has 1 heterocycles. The van der Waals surface area contributed by atoms with E-state index in [0.717, 1.165) is 11.4 Å². The van der Waals surface area contributed by atoms with Gasteiger partial charge in [0.25, 0.3) is 0 Å². The van der Waals surface area contributed by atoms with Crippen LogP contribution in [-0.2, 0) is 6.54 Å². The minimum Gasteiger partial charge on any atom is -0.350 e. The zero-order valence-electron chi connectivity index (χ0n) is 7.22. The predicted octanol–water partition coefficient (Wildman–Crippen LogP) is 2.83. The van der Waals surface area contributed by atoms with Crippen molar-refractivity contribution in [2.75, 3.05) is 0 Å². The highest BCUT2D eigenvalue weighted by Crippen LogP contribution is 2.13. The lowest BCUT2D eigenvalue weighted by atomic mass is 10.2. The van der Waals surface area contributed by atoms with Gasteiger partial charge < -0.3 is 4.57 Å². The Morgan fingerprint density at radius 2 is 1.69 bits per heavy atom. The lowest BCUT2D eigenvalue weighted by Gasteiger charge is -2.05. The van der Waals surface area contributed by atoms with Gasteiger partial charge in [-0.1, -0.05) is 18.2 Å². The Morgan fingerprint density at radius 1 is 1.00 bits per heavy atom. The molecule has 0 aliphatic heterocycles. The van der Waals surface area contributed by atoms with Gasteiger partial charge in [-0.3, -0.25) is 0 Å². The number of rotatable bonds is 2. The van der Waals surface area contributed by atoms with Crippen LogP contribution in [0.15, 0.2) is 53.7 Å². The summed E-state index contributed by atoms with van der Waals surface area (Å²) < 4.78 is 2.13. The number of hydrogen-bond acceptors (Lipinski definition) is 1. The molecule has 1 aromatic carbocycles. The molecule has 0 radical (unpaired) electrons. The van der Waals surface area contributed by atoms with Crippen LogP contribution in [0.25, 0.3) is 0 Å². The van der Waals surface area contributed by atoms with E-state index >= 15 is 0 Å². The molecule has 0 aliphatic rings. The van der Waals surface area contributed by atoms with Gasteiger partial charge >= 0.3 is 0 Å². The Balaban J connectivity index is 2.24. The third kappa shape index (κ3) is 1.95. The van der Waals surface area contributed by atoms with Crippen LogP contribution in [0.1, 0.15) is 5.56 Å². The van der Waals surface area contributed by atoms with Gasteiger partial charge in [-0.2, -0.15) is 0 Å². The van der Waals surface area contributed by atoms with Crippen LogP contribution in [0.5, 0.6) is 0 Å². The van der Waals surface area contributed by atoms with Gasteiger partial charge in [-0.05, 0) is 23.8 Å². The van der Waals surface area contributed by atoms with Crippen molar-refractivity contribution in [2.45, 2.75) is 11.4 Å². The van der Waals surface area contributed by atoms with Crippen molar-refractivity contribution < 1.29 is 0 Å². The summed E-state index contributed by atoms with van der Waals surface area (Å²) in [6, 6.07) is 12.2. The van der Waals surface area contributed by atoms with Gasteiger partial charge in [0, 0.05) is 23.8 Å². The second-order valence-electron chi connectivity index (χ2n) is 2.98. The van der Waals surface area contributed by atoms with E-state index in [4.69, 9.17) is 0 Å². The molecule has 66 valence electrons. The fourth-order valence-electron chi connectivity index (χ4n) is 1.32. The average molecular weight is 189 g/mol. The molecule has 0 N–H and O–H groups in total. The molecular formula is C11H11NS. The fraction of sp³-hybridized carbons (Fsp3) is 0.0909. The molecular weight excluding hydrogens is 178 g/mol. The average Bonchev–Trinajstić information content (AvgIpc) is 2.61. The van der Waals surface area contributed by atoms with Gasteiger partial charge in [0.1, 0.15) is 0 Å². The van der Waals surface area contributed by atoms with E-state index in [1.165, 1.54) is 5.56 Å². The Morgan fingerprint density at radius 3 is 2.38 bits per heavy atom. The quantitative estimate of drug-likeness (QED) is 0.693. The Kier molecular flexibility index (Phi) is 2.41. The van der Waals surface area contributed by atoms with Crippen molar-refractivity contribution in [2.24, 2.45) is 0 Å². The molecule has 0 saturated heterocycles. The number of thiol groups is 1. The number of hydrogen-bond donors (Lipinski definition) is 1. The maximum atomic E-state index is 4.40. The Bertz CT molecular complexity index is 379. The highest BCUT2D eigenvalue weighted by atomic mass is 32.1. The molecule has 2 aromatic rings. The lowest BCUT2D eigenvalue weighted by molar-refractivity contribution is 0.793. The SMILES string of the molecule is Sc1ccccc1Cn1cccc1. The smallest absolute Gasteiger partial charge is 0.0481 e. The van der Waals surface area contributed by atoms with Crippen molar-refractivity contribution in [1.82, 2.24) is 4.57 Å². The lowest BCUT2D eigenvalue weighted by Crippen LogP contribution is -1.96. The van der Waals surface area contributed by atoms with Crippen LogP contribution in [0.3, 0.4) is 0 Å². The second-order valence-corrected chi connectivity index (χ2v) is 3.47. The number of nitrogens with zero attached hydrogens (tertiary/aromatic N) is 1. The molecule has 13 heavy (non-hydrogen) atoms. The first-order valence-electron chi connectivity index (χ1n) is 4.24. The normalized spacial score (nSPS) is 10.2. The van der Waals surface area contributed by atoms with Gasteiger partial charge in [0.2, 0.25) is 0 Å². The molecule has 0 amide bonds. The largest absolute Gasteiger partial charge is 0.350 e. The van der Waals surface area contributed by atoms with Crippen molar-refractivity contribution in [3.63, 3.8) is 0 Å². The van der Waals surface area contributed by atoms with Gasteiger partial charge in [0.05, 0.1) is 0 Å². The van der Waals surface area contributed by atoms with Crippen molar-refractivity contribution in [1.29, 1.82) is 0 Å². The molecule has 0 unspecified atom stereocenters. The van der Waals surface area contributed by atoms with E-state index < -0.39 is 0 Å². The minimum absolute atomic E-state index is 0.896. The first kappa shape index (κ1) is 8.45. The van der Waals surface area contributed by atoms with Crippen LogP contribution in [0, 0.1) is 0 Å². The van der Waals surface area contributed by atoms with E-state index in [1.807, 2.05) is 30.3 Å². The third-order valence-corrected chi connectivity index (χ3v) is 2.45. The van der Waals surface area contributed by atoms with E-state index in [-0.39, 0.29) is 0 Å². The zero-order chi connectivity index (χ0) is 9.10. The molecule has 1 nitrogen and oxygen atoms in total. The standard InChI is InChI=1S/C11H11NS/c13-11-6-2-1-5-10(11)9-12-7-3-4-8-12/h1-8,13H,9H2. The summed E-state index contributed by atoms with van der Waals surface area (Å²) in [6.45, 7) is 0.896. The van der Waals surface area contributed by atoms with Crippen LogP contribution < -0.4 is 0 Å². The van der Waals surface area contributed by atoms with E-state index in [2.05, 4.69) is 35.7 Å². The molecule has 0 bridgehead atoms. The summed E-state index contributed by atoms with van der Waals surface area (Å²) in [5, 5.41) is 0. The number of aromatic nitrogens is 1. The highest BCUT2D eigenvalue weighted by Gasteiger charge is 1.96. The Hall–Kier alpha value is -1.15. The second kappa shape index (κ2) is 3.71. The fourth-order valence-corrected chi connectivity index (χ4v) is 1.55. The first-order valence-corrected chi connectivity index (χ1v) is 4.68. The number of benzene rings is 1. The molecule has 0 saturated carbocycles. The summed E-state index contributed by atoms with van der Waals surface area (Å²) in [5.41, 5.74) is 1.25. The third-order valence-electron chi connectivity index (χ3n) is 2.01. The molecule has 0 spiro atoms. The monoisotopic (exact) mass is 189 g/mol. The predicted molar refractivity (Wildman–Crippen MR) is 57.2 cm³/mol. The van der Waals surface area contributed by atoms with Crippen LogP contribution in [0.4, 0.5) is 0 Å². The van der Waals surface area contributed by atoms with Crippen LogP contribution >= 0.6 is 12.6 Å². The van der Waals surface area contributed by atoms with Crippen molar-refractivity contribution >= 4 is 12.6 Å². The summed E-state index contributed by atoms with van der Waals surface area (Å²) in [6.07, 6.45) is 4.11. The Labute approximate surface area is 83.4 Å². The molecule has 0 fully saturated rings. The topological polar surface area (TPSA) is 4.93 Å². The van der Waals surface area contributed by atoms with Crippen LogP contribution in [-0.4, -0.2) is 4.57 Å². The summed E-state index contributed by atoms with van der Waals surface area (Å²) in [7, 11) is 0. The van der Waals surface area contributed by atoms with Gasteiger partial charge in [-0.25, -0.2) is 0 Å². The van der Waals surface area contributed by atoms with Gasteiger partial charge in [0.15, 0.2) is 0 Å². The maximum Gasteiger partial charge on any atom is 0.0481 e. The van der Waals surface area contributed by atoms with E-state index in [0.29, 0.717) is 0 Å². The maximum absolute atomic E-state index is 4.40. The molecule has 0 aliphatic carbocycles. The summed E-state index contributed by atoms with van der Waals surface area (Å²) in [5.74, 6) is 0. The highest BCUT2D eigenvalue weighted by molar-refractivity contribution is 7.80. The molecule has 2 heteroatoms. The van der Waals surface area contributed by atoms with Crippen molar-refractivity contribution in [3.05, 3.63) is 54.4 Å². The van der Waals surface area contributed by atoms with E-state index in [1.54, 1.807) is 0 Å². The minimum atomic E-state index is 0.896. The summed E-state index contributed by atoms with van der Waals surface area (Å²) in [4.78, 5) is 1.05. The molecule has 1 aromatic heterocycles. The van der Waals surface area contributed by atoms with E-state index in [9.17, 15) is 0 Å². The first-order chi connectivity index (χ1) is 6.36. The zero-order valence-corrected chi connectivity index (χ0v) is 8.11. The summed E-state index contributed by atoms with van der Waals surface area (Å²) >= 11 is 4.40. The molecule has 2 rings (SSSR count). The van der Waals surface area contributed by atoms with Crippen LogP contribution in [0.2, 0.25) is 0 Å². The van der Waals surface area contributed by atoms with Gasteiger partial charge in [-0.15, -0.1) is 12.6 Å².